The van der Waals surface area contributed by atoms with E-state index in [1.165, 1.54) is 0 Å². The third kappa shape index (κ3) is 1.80. The average molecular weight is 221 g/mol. The van der Waals surface area contributed by atoms with Crippen LogP contribution in [0.5, 0.6) is 0 Å². The van der Waals surface area contributed by atoms with Crippen LogP contribution in [-0.2, 0) is 0 Å². The van der Waals surface area contributed by atoms with Crippen LogP contribution in [-0.4, -0.2) is 20.2 Å². The molecule has 0 atom stereocenters. The first kappa shape index (κ1) is 9.98. The molecule has 0 saturated carbocycles. The minimum atomic E-state index is 0.431. The molecule has 15 heavy (non-hydrogen) atoms. The molecule has 76 valence electrons. The van der Waals surface area contributed by atoms with Gasteiger partial charge in [-0.3, -0.25) is 9.97 Å². The first-order valence-electron chi connectivity index (χ1n) is 4.46. The second kappa shape index (κ2) is 3.90. The number of rotatable bonds is 1. The number of aromatic nitrogens is 4. The average Bonchev–Trinajstić information content (AvgIpc) is 2.27. The minimum Gasteiger partial charge on any atom is -0.261 e. The second-order valence-corrected chi connectivity index (χ2v) is 3.54. The molecule has 0 bridgehead atoms. The zero-order chi connectivity index (χ0) is 10.8. The molecule has 0 radical (unpaired) electrons. The third-order valence-corrected chi connectivity index (χ3v) is 2.63. The zero-order valence-electron chi connectivity index (χ0n) is 8.40. The summed E-state index contributed by atoms with van der Waals surface area (Å²) in [6.07, 6.45) is 4.90. The van der Waals surface area contributed by atoms with Crippen LogP contribution in [0.3, 0.4) is 0 Å². The van der Waals surface area contributed by atoms with Gasteiger partial charge in [-0.2, -0.15) is 0 Å². The van der Waals surface area contributed by atoms with Gasteiger partial charge in [-0.25, -0.2) is 0 Å². The summed E-state index contributed by atoms with van der Waals surface area (Å²) in [6.45, 7) is 3.85. The fourth-order valence-corrected chi connectivity index (χ4v) is 1.42. The Morgan fingerprint density at radius 3 is 2.53 bits per heavy atom. The van der Waals surface area contributed by atoms with E-state index in [1.807, 2.05) is 13.8 Å². The Kier molecular flexibility index (Phi) is 2.60. The van der Waals surface area contributed by atoms with E-state index in [-0.39, 0.29) is 0 Å². The highest BCUT2D eigenvalue weighted by Crippen LogP contribution is 2.23. The molecule has 0 aliphatic carbocycles. The Morgan fingerprint density at radius 1 is 1.07 bits per heavy atom. The van der Waals surface area contributed by atoms with Gasteiger partial charge in [0.05, 0.1) is 6.20 Å². The van der Waals surface area contributed by atoms with Crippen molar-refractivity contribution in [3.8, 4) is 11.4 Å². The van der Waals surface area contributed by atoms with E-state index in [4.69, 9.17) is 11.6 Å². The fraction of sp³-hybridized carbons (Fsp3) is 0.200. The second-order valence-electron chi connectivity index (χ2n) is 3.18. The van der Waals surface area contributed by atoms with Crippen molar-refractivity contribution in [1.82, 2.24) is 20.2 Å². The van der Waals surface area contributed by atoms with E-state index >= 15 is 0 Å². The largest absolute Gasteiger partial charge is 0.261 e. The monoisotopic (exact) mass is 220 g/mol. The fourth-order valence-electron chi connectivity index (χ4n) is 1.24. The number of hydrogen-bond acceptors (Lipinski definition) is 4. The highest BCUT2D eigenvalue weighted by Gasteiger charge is 2.10. The summed E-state index contributed by atoms with van der Waals surface area (Å²) in [6, 6.07) is 0. The van der Waals surface area contributed by atoms with E-state index in [9.17, 15) is 0 Å². The lowest BCUT2D eigenvalue weighted by Gasteiger charge is -2.06. The molecule has 2 aromatic heterocycles. The van der Waals surface area contributed by atoms with Gasteiger partial charge in [0.1, 0.15) is 11.4 Å². The van der Waals surface area contributed by atoms with Crippen LogP contribution in [0.15, 0.2) is 18.6 Å². The number of hydrogen-bond donors (Lipinski definition) is 0. The molecule has 0 saturated heterocycles. The lowest BCUT2D eigenvalue weighted by molar-refractivity contribution is 0.991. The van der Waals surface area contributed by atoms with Crippen molar-refractivity contribution in [2.75, 3.05) is 0 Å². The lowest BCUT2D eigenvalue weighted by Crippen LogP contribution is -1.98. The molecule has 2 aromatic rings. The van der Waals surface area contributed by atoms with Gasteiger partial charge < -0.3 is 0 Å². The first-order chi connectivity index (χ1) is 7.20. The van der Waals surface area contributed by atoms with Crippen molar-refractivity contribution in [1.29, 1.82) is 0 Å². The topological polar surface area (TPSA) is 51.6 Å². The van der Waals surface area contributed by atoms with Gasteiger partial charge in [0.15, 0.2) is 5.15 Å². The van der Waals surface area contributed by atoms with E-state index in [2.05, 4.69) is 20.2 Å². The van der Waals surface area contributed by atoms with Crippen LogP contribution in [0.25, 0.3) is 11.4 Å². The molecule has 0 aromatic carbocycles. The van der Waals surface area contributed by atoms with Crippen LogP contribution in [0.1, 0.15) is 11.1 Å². The van der Waals surface area contributed by atoms with Crippen molar-refractivity contribution in [2.45, 2.75) is 13.8 Å². The SMILES string of the molecule is Cc1c(Cl)nnc(-c2cnccn2)c1C. The normalized spacial score (nSPS) is 10.3. The smallest absolute Gasteiger partial charge is 0.154 e. The standard InChI is InChI=1S/C10H9ClN4/c1-6-7(2)10(11)15-14-9(6)8-5-12-3-4-13-8/h3-5H,1-2H3. The van der Waals surface area contributed by atoms with Gasteiger partial charge in [-0.15, -0.1) is 10.2 Å². The quantitative estimate of drug-likeness (QED) is 0.740. The number of halogens is 1. The molecule has 0 amide bonds. The molecule has 2 rings (SSSR count). The molecular formula is C10H9ClN4. The predicted molar refractivity (Wildman–Crippen MR) is 57.5 cm³/mol. The van der Waals surface area contributed by atoms with Crippen LogP contribution < -0.4 is 0 Å². The zero-order valence-corrected chi connectivity index (χ0v) is 9.15. The third-order valence-electron chi connectivity index (χ3n) is 2.27. The van der Waals surface area contributed by atoms with Gasteiger partial charge in [0.25, 0.3) is 0 Å². The molecule has 5 heteroatoms. The van der Waals surface area contributed by atoms with Crippen LogP contribution >= 0.6 is 11.6 Å². The maximum atomic E-state index is 5.86. The summed E-state index contributed by atoms with van der Waals surface area (Å²) in [4.78, 5) is 8.16. The van der Waals surface area contributed by atoms with Gasteiger partial charge in [-0.1, -0.05) is 11.6 Å². The van der Waals surface area contributed by atoms with Crippen molar-refractivity contribution in [3.05, 3.63) is 34.9 Å². The summed E-state index contributed by atoms with van der Waals surface area (Å²) in [5.74, 6) is 0. The van der Waals surface area contributed by atoms with E-state index < -0.39 is 0 Å². The molecule has 4 nitrogen and oxygen atoms in total. The molecular weight excluding hydrogens is 212 g/mol. The van der Waals surface area contributed by atoms with Crippen LogP contribution in [0, 0.1) is 13.8 Å². The number of nitrogens with zero attached hydrogens (tertiary/aromatic N) is 4. The summed E-state index contributed by atoms with van der Waals surface area (Å²) < 4.78 is 0. The molecule has 0 spiro atoms. The Bertz CT molecular complexity index is 484. The summed E-state index contributed by atoms with van der Waals surface area (Å²) in [5, 5.41) is 8.32. The van der Waals surface area contributed by atoms with Crippen LogP contribution in [0.2, 0.25) is 5.15 Å². The lowest BCUT2D eigenvalue weighted by atomic mass is 10.1. The molecule has 0 unspecified atom stereocenters. The highest BCUT2D eigenvalue weighted by atomic mass is 35.5. The van der Waals surface area contributed by atoms with Gasteiger partial charge >= 0.3 is 0 Å². The van der Waals surface area contributed by atoms with Crippen molar-refractivity contribution < 1.29 is 0 Å². The Labute approximate surface area is 92.4 Å². The van der Waals surface area contributed by atoms with Gasteiger partial charge in [0, 0.05) is 12.4 Å². The van der Waals surface area contributed by atoms with E-state index in [0.717, 1.165) is 16.8 Å². The van der Waals surface area contributed by atoms with E-state index in [0.29, 0.717) is 10.8 Å². The van der Waals surface area contributed by atoms with Gasteiger partial charge in [0.2, 0.25) is 0 Å². The Morgan fingerprint density at radius 2 is 1.87 bits per heavy atom. The van der Waals surface area contributed by atoms with E-state index in [1.54, 1.807) is 18.6 Å². The molecule has 0 N–H and O–H groups in total. The summed E-state index contributed by atoms with van der Waals surface area (Å²) >= 11 is 5.86. The molecule has 0 aliphatic heterocycles. The van der Waals surface area contributed by atoms with Crippen molar-refractivity contribution >= 4 is 11.6 Å². The Hall–Kier alpha value is -1.55. The van der Waals surface area contributed by atoms with Gasteiger partial charge in [-0.05, 0) is 25.0 Å². The van der Waals surface area contributed by atoms with Crippen molar-refractivity contribution in [3.63, 3.8) is 0 Å². The first-order valence-corrected chi connectivity index (χ1v) is 4.83. The highest BCUT2D eigenvalue weighted by molar-refractivity contribution is 6.30. The van der Waals surface area contributed by atoms with Crippen LogP contribution in [0.4, 0.5) is 0 Å². The maximum absolute atomic E-state index is 5.86. The predicted octanol–water partition coefficient (Wildman–Crippen LogP) is 2.20. The molecule has 0 fully saturated rings. The summed E-state index contributed by atoms with van der Waals surface area (Å²) in [5.41, 5.74) is 3.34. The summed E-state index contributed by atoms with van der Waals surface area (Å²) in [7, 11) is 0. The molecule has 0 aliphatic rings. The molecule has 2 heterocycles. The maximum Gasteiger partial charge on any atom is 0.154 e. The van der Waals surface area contributed by atoms with Crippen molar-refractivity contribution in [2.24, 2.45) is 0 Å². The minimum absolute atomic E-state index is 0.431. The Balaban J connectivity index is 2.60.